The molecule has 0 unspecified atom stereocenters. The van der Waals surface area contributed by atoms with E-state index < -0.39 is 0 Å². The van der Waals surface area contributed by atoms with Gasteiger partial charge in [0.15, 0.2) is 11.5 Å². The van der Waals surface area contributed by atoms with Crippen LogP contribution < -0.4 is 14.8 Å². The van der Waals surface area contributed by atoms with Crippen LogP contribution in [0.1, 0.15) is 38.2 Å². The summed E-state index contributed by atoms with van der Waals surface area (Å²) in [5.74, 6) is 2.45. The lowest BCUT2D eigenvalue weighted by Crippen LogP contribution is -2.19. The van der Waals surface area contributed by atoms with E-state index in [1.807, 2.05) is 6.07 Å². The minimum atomic E-state index is 0.742. The highest BCUT2D eigenvalue weighted by Gasteiger charge is 2.18. The van der Waals surface area contributed by atoms with Gasteiger partial charge in [0.25, 0.3) is 0 Å². The second-order valence-corrected chi connectivity index (χ2v) is 5.27. The molecule has 0 radical (unpaired) electrons. The van der Waals surface area contributed by atoms with Crippen molar-refractivity contribution < 1.29 is 9.47 Å². The van der Waals surface area contributed by atoms with Crippen molar-refractivity contribution in [1.82, 2.24) is 5.32 Å². The first kappa shape index (κ1) is 14.2. The Balaban J connectivity index is 1.94. The van der Waals surface area contributed by atoms with Gasteiger partial charge in [0.05, 0.1) is 13.7 Å². The quantitative estimate of drug-likeness (QED) is 0.729. The molecule has 0 spiro atoms. The Morgan fingerprint density at radius 3 is 2.74 bits per heavy atom. The predicted octanol–water partition coefficient (Wildman–Crippen LogP) is 3.37. The Morgan fingerprint density at radius 1 is 1.26 bits per heavy atom. The average Bonchev–Trinajstić information content (AvgIpc) is 2.37. The van der Waals surface area contributed by atoms with Crippen molar-refractivity contribution in [3.63, 3.8) is 0 Å². The van der Waals surface area contributed by atoms with E-state index in [1.54, 1.807) is 7.11 Å². The molecule has 2 rings (SSSR count). The van der Waals surface area contributed by atoms with E-state index in [4.69, 9.17) is 9.47 Å². The van der Waals surface area contributed by atoms with Crippen molar-refractivity contribution in [1.29, 1.82) is 0 Å². The highest BCUT2D eigenvalue weighted by molar-refractivity contribution is 5.43. The minimum Gasteiger partial charge on any atom is -0.493 e. The van der Waals surface area contributed by atoms with Gasteiger partial charge in [-0.15, -0.1) is 0 Å². The molecule has 1 N–H and O–H groups in total. The van der Waals surface area contributed by atoms with E-state index >= 15 is 0 Å². The SMILES string of the molecule is CCCNCc1ccc(OC)c(OCC2CCC2)c1. The molecular weight excluding hydrogens is 238 g/mol. The summed E-state index contributed by atoms with van der Waals surface area (Å²) in [4.78, 5) is 0. The summed E-state index contributed by atoms with van der Waals surface area (Å²) in [5, 5.41) is 3.41. The third-order valence-electron chi connectivity index (χ3n) is 3.68. The molecule has 3 heteroatoms. The highest BCUT2D eigenvalue weighted by Crippen LogP contribution is 2.31. The van der Waals surface area contributed by atoms with Gasteiger partial charge in [-0.2, -0.15) is 0 Å². The number of rotatable bonds is 8. The van der Waals surface area contributed by atoms with Crippen molar-refractivity contribution in [3.8, 4) is 11.5 Å². The van der Waals surface area contributed by atoms with Crippen LogP contribution in [0.2, 0.25) is 0 Å². The van der Waals surface area contributed by atoms with Crippen LogP contribution in [0.15, 0.2) is 18.2 Å². The molecule has 3 nitrogen and oxygen atoms in total. The molecule has 1 fully saturated rings. The maximum atomic E-state index is 5.93. The average molecular weight is 263 g/mol. The van der Waals surface area contributed by atoms with E-state index in [2.05, 4.69) is 24.4 Å². The number of hydrogen-bond donors (Lipinski definition) is 1. The molecule has 0 bridgehead atoms. The Bertz CT molecular complexity index is 388. The second-order valence-electron chi connectivity index (χ2n) is 5.27. The standard InChI is InChI=1S/C16H25NO2/c1-3-9-17-11-14-7-8-15(18-2)16(10-14)19-12-13-5-4-6-13/h7-8,10,13,17H,3-6,9,11-12H2,1-2H3. The third kappa shape index (κ3) is 4.13. The van der Waals surface area contributed by atoms with Gasteiger partial charge in [0.2, 0.25) is 0 Å². The van der Waals surface area contributed by atoms with Crippen LogP contribution in [0.25, 0.3) is 0 Å². The zero-order valence-corrected chi connectivity index (χ0v) is 12.1. The monoisotopic (exact) mass is 263 g/mol. The van der Waals surface area contributed by atoms with Crippen LogP contribution >= 0.6 is 0 Å². The van der Waals surface area contributed by atoms with E-state index in [9.17, 15) is 0 Å². The lowest BCUT2D eigenvalue weighted by atomic mass is 9.86. The fourth-order valence-electron chi connectivity index (χ4n) is 2.22. The smallest absolute Gasteiger partial charge is 0.161 e. The van der Waals surface area contributed by atoms with Gasteiger partial charge >= 0.3 is 0 Å². The fraction of sp³-hybridized carbons (Fsp3) is 0.625. The van der Waals surface area contributed by atoms with E-state index in [1.165, 1.54) is 24.8 Å². The van der Waals surface area contributed by atoms with Gasteiger partial charge in [0.1, 0.15) is 0 Å². The van der Waals surface area contributed by atoms with Crippen molar-refractivity contribution >= 4 is 0 Å². The number of nitrogens with one attached hydrogen (secondary N) is 1. The normalized spacial score (nSPS) is 15.1. The highest BCUT2D eigenvalue weighted by atomic mass is 16.5. The summed E-state index contributed by atoms with van der Waals surface area (Å²) in [6, 6.07) is 6.19. The zero-order valence-electron chi connectivity index (χ0n) is 12.1. The molecule has 1 aromatic carbocycles. The number of benzene rings is 1. The van der Waals surface area contributed by atoms with Crippen LogP contribution in [-0.2, 0) is 6.54 Å². The van der Waals surface area contributed by atoms with E-state index in [0.29, 0.717) is 0 Å². The van der Waals surface area contributed by atoms with Crippen LogP contribution in [0.3, 0.4) is 0 Å². The Morgan fingerprint density at radius 2 is 2.11 bits per heavy atom. The molecule has 0 aliphatic heterocycles. The fourth-order valence-corrected chi connectivity index (χ4v) is 2.22. The van der Waals surface area contributed by atoms with Crippen LogP contribution in [0.4, 0.5) is 0 Å². The summed E-state index contributed by atoms with van der Waals surface area (Å²) in [6.45, 7) is 4.93. The Kier molecular flexibility index (Phi) is 5.52. The first-order chi connectivity index (χ1) is 9.33. The van der Waals surface area contributed by atoms with Gasteiger partial charge in [-0.25, -0.2) is 0 Å². The van der Waals surface area contributed by atoms with Crippen LogP contribution in [0.5, 0.6) is 11.5 Å². The first-order valence-electron chi connectivity index (χ1n) is 7.34. The number of hydrogen-bond acceptors (Lipinski definition) is 3. The Labute approximate surface area is 116 Å². The number of methoxy groups -OCH3 is 1. The molecule has 0 heterocycles. The lowest BCUT2D eigenvalue weighted by Gasteiger charge is -2.25. The molecule has 1 saturated carbocycles. The second kappa shape index (κ2) is 7.39. The summed E-state index contributed by atoms with van der Waals surface area (Å²) in [6.07, 6.45) is 5.12. The molecule has 0 atom stereocenters. The molecule has 19 heavy (non-hydrogen) atoms. The molecule has 1 aliphatic rings. The molecule has 0 aromatic heterocycles. The van der Waals surface area contributed by atoms with Gasteiger partial charge in [0, 0.05) is 6.54 Å². The van der Waals surface area contributed by atoms with Gasteiger partial charge in [-0.3, -0.25) is 0 Å². The van der Waals surface area contributed by atoms with Crippen LogP contribution in [-0.4, -0.2) is 20.3 Å². The van der Waals surface area contributed by atoms with E-state index in [0.717, 1.165) is 43.5 Å². The third-order valence-corrected chi connectivity index (χ3v) is 3.68. The summed E-state index contributed by atoms with van der Waals surface area (Å²) < 4.78 is 11.3. The summed E-state index contributed by atoms with van der Waals surface area (Å²) >= 11 is 0. The topological polar surface area (TPSA) is 30.5 Å². The molecule has 106 valence electrons. The first-order valence-corrected chi connectivity index (χ1v) is 7.34. The van der Waals surface area contributed by atoms with Crippen LogP contribution in [0, 0.1) is 5.92 Å². The lowest BCUT2D eigenvalue weighted by molar-refractivity contribution is 0.176. The molecule has 1 aromatic rings. The zero-order chi connectivity index (χ0) is 13.5. The van der Waals surface area contributed by atoms with Crippen molar-refractivity contribution in [3.05, 3.63) is 23.8 Å². The summed E-state index contributed by atoms with van der Waals surface area (Å²) in [5.41, 5.74) is 1.25. The predicted molar refractivity (Wildman–Crippen MR) is 77.8 cm³/mol. The molecule has 1 aliphatic carbocycles. The molecule has 0 amide bonds. The number of ether oxygens (including phenoxy) is 2. The largest absolute Gasteiger partial charge is 0.493 e. The van der Waals surface area contributed by atoms with Gasteiger partial charge in [-0.05, 0) is 49.4 Å². The van der Waals surface area contributed by atoms with Gasteiger partial charge in [-0.1, -0.05) is 19.4 Å². The molecular formula is C16H25NO2. The van der Waals surface area contributed by atoms with Crippen molar-refractivity contribution in [2.24, 2.45) is 5.92 Å². The maximum Gasteiger partial charge on any atom is 0.161 e. The Hall–Kier alpha value is -1.22. The van der Waals surface area contributed by atoms with Gasteiger partial charge < -0.3 is 14.8 Å². The van der Waals surface area contributed by atoms with Crippen molar-refractivity contribution in [2.75, 3.05) is 20.3 Å². The van der Waals surface area contributed by atoms with Crippen molar-refractivity contribution in [2.45, 2.75) is 39.2 Å². The van der Waals surface area contributed by atoms with E-state index in [-0.39, 0.29) is 0 Å². The maximum absolute atomic E-state index is 5.93. The minimum absolute atomic E-state index is 0.742. The summed E-state index contributed by atoms with van der Waals surface area (Å²) in [7, 11) is 1.69. The molecule has 0 saturated heterocycles.